The van der Waals surface area contributed by atoms with E-state index < -0.39 is 0 Å². The van der Waals surface area contributed by atoms with Crippen molar-refractivity contribution in [2.45, 2.75) is 19.4 Å². The van der Waals surface area contributed by atoms with Gasteiger partial charge in [-0.05, 0) is 35.2 Å². The minimum atomic E-state index is -0.383. The summed E-state index contributed by atoms with van der Waals surface area (Å²) in [5.74, 6) is -0.323. The van der Waals surface area contributed by atoms with Gasteiger partial charge < -0.3 is 9.64 Å². The molecule has 0 fully saturated rings. The number of hydrogen-bond donors (Lipinski definition) is 0. The minimum Gasteiger partial charge on any atom is -0.465 e. The number of aromatic nitrogens is 2. The molecule has 0 spiro atoms. The third kappa shape index (κ3) is 3.21. The van der Waals surface area contributed by atoms with Crippen LogP contribution in [0, 0.1) is 0 Å². The van der Waals surface area contributed by atoms with Gasteiger partial charge in [0, 0.05) is 37.9 Å². The Bertz CT molecular complexity index is 731. The smallest absolute Gasteiger partial charge is 0.339 e. The maximum absolute atomic E-state index is 12.4. The van der Waals surface area contributed by atoms with Crippen molar-refractivity contribution in [3.8, 4) is 0 Å². The Morgan fingerprint density at radius 2 is 2.00 bits per heavy atom. The lowest BCUT2D eigenvalue weighted by Gasteiger charge is -2.29. The second-order valence-electron chi connectivity index (χ2n) is 5.41. The molecule has 3 rings (SSSR count). The number of pyridine rings is 2. The Morgan fingerprint density at radius 3 is 2.74 bits per heavy atom. The molecule has 0 N–H and O–H groups in total. The maximum Gasteiger partial charge on any atom is 0.339 e. The average Bonchev–Trinajstić information content (AvgIpc) is 2.60. The zero-order chi connectivity index (χ0) is 16.2. The van der Waals surface area contributed by atoms with Gasteiger partial charge in [0.05, 0.1) is 19.1 Å². The lowest BCUT2D eigenvalue weighted by atomic mass is 9.96. The van der Waals surface area contributed by atoms with Gasteiger partial charge in [0.15, 0.2) is 0 Å². The molecule has 0 saturated carbocycles. The van der Waals surface area contributed by atoms with E-state index in [1.54, 1.807) is 23.5 Å². The molecule has 2 aromatic rings. The second-order valence-corrected chi connectivity index (χ2v) is 5.41. The van der Waals surface area contributed by atoms with E-state index in [-0.39, 0.29) is 11.9 Å². The van der Waals surface area contributed by atoms with Crippen molar-refractivity contribution >= 4 is 11.9 Å². The molecule has 0 atom stereocenters. The minimum absolute atomic E-state index is 0.0605. The molecule has 23 heavy (non-hydrogen) atoms. The van der Waals surface area contributed by atoms with E-state index >= 15 is 0 Å². The predicted octanol–water partition coefficient (Wildman–Crippen LogP) is 1.39. The van der Waals surface area contributed by atoms with E-state index in [2.05, 4.69) is 9.97 Å². The molecule has 0 radical (unpaired) electrons. The largest absolute Gasteiger partial charge is 0.465 e. The van der Waals surface area contributed by atoms with Crippen LogP contribution >= 0.6 is 0 Å². The molecule has 0 bridgehead atoms. The predicted molar refractivity (Wildman–Crippen MR) is 82.6 cm³/mol. The van der Waals surface area contributed by atoms with E-state index in [4.69, 9.17) is 4.74 Å². The van der Waals surface area contributed by atoms with Crippen molar-refractivity contribution in [1.82, 2.24) is 14.9 Å². The van der Waals surface area contributed by atoms with Gasteiger partial charge in [-0.2, -0.15) is 0 Å². The zero-order valence-corrected chi connectivity index (χ0v) is 12.9. The number of hydrogen-bond acceptors (Lipinski definition) is 5. The molecule has 2 aromatic heterocycles. The van der Waals surface area contributed by atoms with Crippen LogP contribution in [0.25, 0.3) is 0 Å². The summed E-state index contributed by atoms with van der Waals surface area (Å²) in [6.45, 7) is 1.06. The second kappa shape index (κ2) is 6.56. The van der Waals surface area contributed by atoms with E-state index in [9.17, 15) is 9.59 Å². The highest BCUT2D eigenvalue weighted by Gasteiger charge is 2.25. The van der Waals surface area contributed by atoms with Crippen LogP contribution in [0.15, 0.2) is 36.9 Å². The Kier molecular flexibility index (Phi) is 4.32. The molecule has 0 aromatic carbocycles. The number of esters is 1. The van der Waals surface area contributed by atoms with Gasteiger partial charge in [-0.3, -0.25) is 14.8 Å². The first kappa shape index (κ1) is 15.1. The van der Waals surface area contributed by atoms with Crippen LogP contribution in [0.5, 0.6) is 0 Å². The summed E-state index contributed by atoms with van der Waals surface area (Å²) in [6.07, 6.45) is 7.58. The lowest BCUT2D eigenvalue weighted by Crippen LogP contribution is -2.37. The van der Waals surface area contributed by atoms with Crippen molar-refractivity contribution in [2.75, 3.05) is 13.7 Å². The van der Waals surface area contributed by atoms with Crippen molar-refractivity contribution in [1.29, 1.82) is 0 Å². The fourth-order valence-electron chi connectivity index (χ4n) is 2.78. The van der Waals surface area contributed by atoms with Crippen molar-refractivity contribution in [3.63, 3.8) is 0 Å². The first-order valence-corrected chi connectivity index (χ1v) is 7.40. The molecular formula is C17H17N3O3. The molecular weight excluding hydrogens is 294 g/mol. The summed E-state index contributed by atoms with van der Waals surface area (Å²) in [6, 6.07) is 3.68. The Hall–Kier alpha value is -2.76. The Morgan fingerprint density at radius 1 is 1.22 bits per heavy atom. The van der Waals surface area contributed by atoms with Crippen LogP contribution in [0.3, 0.4) is 0 Å². The monoisotopic (exact) mass is 311 g/mol. The van der Waals surface area contributed by atoms with Gasteiger partial charge in [-0.1, -0.05) is 0 Å². The van der Waals surface area contributed by atoms with Gasteiger partial charge in [0.2, 0.25) is 5.91 Å². The van der Waals surface area contributed by atoms with Crippen LogP contribution in [-0.2, 0) is 28.9 Å². The van der Waals surface area contributed by atoms with E-state index in [0.717, 1.165) is 16.7 Å². The van der Waals surface area contributed by atoms with Crippen molar-refractivity contribution in [2.24, 2.45) is 0 Å². The topological polar surface area (TPSA) is 72.4 Å². The van der Waals surface area contributed by atoms with Gasteiger partial charge in [0.25, 0.3) is 0 Å². The maximum atomic E-state index is 12.4. The normalized spacial score (nSPS) is 13.3. The number of methoxy groups -OCH3 is 1. The van der Waals surface area contributed by atoms with E-state index in [0.29, 0.717) is 31.5 Å². The van der Waals surface area contributed by atoms with Gasteiger partial charge in [0.1, 0.15) is 0 Å². The molecule has 6 nitrogen and oxygen atoms in total. The summed E-state index contributed by atoms with van der Waals surface area (Å²) >= 11 is 0. The fourth-order valence-corrected chi connectivity index (χ4v) is 2.78. The van der Waals surface area contributed by atoms with Gasteiger partial charge in [-0.25, -0.2) is 4.79 Å². The van der Waals surface area contributed by atoms with E-state index in [1.165, 1.54) is 13.3 Å². The fraction of sp³-hybridized carbons (Fsp3) is 0.294. The van der Waals surface area contributed by atoms with Crippen LogP contribution in [0.2, 0.25) is 0 Å². The molecule has 1 amide bonds. The highest BCUT2D eigenvalue weighted by Crippen LogP contribution is 2.22. The molecule has 1 aliphatic heterocycles. The van der Waals surface area contributed by atoms with Crippen LogP contribution in [0.4, 0.5) is 0 Å². The summed E-state index contributed by atoms with van der Waals surface area (Å²) in [5, 5.41) is 0. The van der Waals surface area contributed by atoms with Crippen molar-refractivity contribution in [3.05, 3.63) is 59.2 Å². The summed E-state index contributed by atoms with van der Waals surface area (Å²) in [7, 11) is 1.36. The Labute approximate surface area is 134 Å². The van der Waals surface area contributed by atoms with Gasteiger partial charge in [-0.15, -0.1) is 0 Å². The van der Waals surface area contributed by atoms with Crippen molar-refractivity contribution < 1.29 is 14.3 Å². The Balaban J connectivity index is 1.75. The summed E-state index contributed by atoms with van der Waals surface area (Å²) < 4.78 is 4.79. The number of amides is 1. The SMILES string of the molecule is COC(=O)c1cncc2c1CCN(C(=O)Cc1ccncc1)C2. The number of carbonyl (C=O) groups excluding carboxylic acids is 2. The molecule has 1 aliphatic rings. The number of fused-ring (bicyclic) bond motifs is 1. The van der Waals surface area contributed by atoms with Crippen LogP contribution in [-0.4, -0.2) is 40.4 Å². The molecule has 6 heteroatoms. The molecule has 118 valence electrons. The highest BCUT2D eigenvalue weighted by atomic mass is 16.5. The number of nitrogens with zero attached hydrogens (tertiary/aromatic N) is 3. The first-order valence-electron chi connectivity index (χ1n) is 7.40. The third-order valence-corrected chi connectivity index (χ3v) is 4.00. The number of ether oxygens (including phenoxy) is 1. The van der Waals surface area contributed by atoms with E-state index in [1.807, 2.05) is 12.1 Å². The first-order chi connectivity index (χ1) is 11.2. The quantitative estimate of drug-likeness (QED) is 0.801. The standard InChI is InChI=1S/C17H17N3O3/c1-23-17(22)15-10-19-9-13-11-20(7-4-14(13)15)16(21)8-12-2-5-18-6-3-12/h2-3,5-6,9-10H,4,7-8,11H2,1H3. The zero-order valence-electron chi connectivity index (χ0n) is 12.9. The number of rotatable bonds is 3. The summed E-state index contributed by atoms with van der Waals surface area (Å²) in [4.78, 5) is 34.1. The summed E-state index contributed by atoms with van der Waals surface area (Å²) in [5.41, 5.74) is 3.27. The third-order valence-electron chi connectivity index (χ3n) is 4.00. The molecule has 0 unspecified atom stereocenters. The van der Waals surface area contributed by atoms with Crippen LogP contribution < -0.4 is 0 Å². The number of carbonyl (C=O) groups is 2. The molecule has 0 saturated heterocycles. The highest BCUT2D eigenvalue weighted by molar-refractivity contribution is 5.91. The molecule has 0 aliphatic carbocycles. The van der Waals surface area contributed by atoms with Crippen LogP contribution in [0.1, 0.15) is 27.0 Å². The molecule has 3 heterocycles. The van der Waals surface area contributed by atoms with Gasteiger partial charge >= 0.3 is 5.97 Å². The average molecular weight is 311 g/mol. The lowest BCUT2D eigenvalue weighted by molar-refractivity contribution is -0.131.